The molecular weight excluding hydrogens is 448 g/mol. The van der Waals surface area contributed by atoms with E-state index in [1.165, 1.54) is 4.90 Å². The Hall–Kier alpha value is -3.78. The molecule has 3 aromatic rings. The van der Waals surface area contributed by atoms with Crippen molar-refractivity contribution in [2.45, 2.75) is 26.3 Å². The third-order valence-electron chi connectivity index (χ3n) is 6.25. The van der Waals surface area contributed by atoms with Crippen molar-refractivity contribution in [2.75, 3.05) is 18.0 Å². The molecule has 2 aliphatic heterocycles. The van der Waals surface area contributed by atoms with Crippen molar-refractivity contribution in [1.82, 2.24) is 14.8 Å². The van der Waals surface area contributed by atoms with Gasteiger partial charge in [-0.3, -0.25) is 24.6 Å². The van der Waals surface area contributed by atoms with Crippen LogP contribution in [-0.2, 0) is 20.9 Å². The summed E-state index contributed by atoms with van der Waals surface area (Å²) in [6.45, 7) is 3.72. The van der Waals surface area contributed by atoms with Gasteiger partial charge in [0.25, 0.3) is 11.8 Å². The zero-order chi connectivity index (χ0) is 23.8. The molecule has 0 saturated carbocycles. The van der Waals surface area contributed by atoms with Crippen LogP contribution in [0.5, 0.6) is 0 Å². The Morgan fingerprint density at radius 2 is 1.85 bits per heavy atom. The van der Waals surface area contributed by atoms with Crippen molar-refractivity contribution in [3.8, 4) is 0 Å². The summed E-state index contributed by atoms with van der Waals surface area (Å²) >= 11 is 5.30. The van der Waals surface area contributed by atoms with Crippen LogP contribution in [0.4, 0.5) is 5.69 Å². The zero-order valence-electron chi connectivity index (χ0n) is 18.8. The van der Waals surface area contributed by atoms with Gasteiger partial charge >= 0.3 is 0 Å². The van der Waals surface area contributed by atoms with E-state index in [2.05, 4.69) is 5.32 Å². The van der Waals surface area contributed by atoms with Gasteiger partial charge in [0.1, 0.15) is 12.1 Å². The van der Waals surface area contributed by atoms with E-state index in [-0.39, 0.29) is 23.1 Å². The first-order valence-electron chi connectivity index (χ1n) is 11.3. The molecule has 1 aromatic heterocycles. The van der Waals surface area contributed by atoms with Gasteiger partial charge in [0, 0.05) is 35.8 Å². The topological polar surface area (TPSA) is 74.7 Å². The van der Waals surface area contributed by atoms with Crippen LogP contribution >= 0.6 is 12.2 Å². The second-order valence-corrected chi connectivity index (χ2v) is 9.00. The maximum Gasteiger partial charge on any atom is 0.270 e. The van der Waals surface area contributed by atoms with Gasteiger partial charge in [-0.1, -0.05) is 30.3 Å². The van der Waals surface area contributed by atoms with Gasteiger partial charge in [-0.05, 0) is 61.8 Å². The highest BCUT2D eigenvalue weighted by atomic mass is 32.1. The molecule has 2 fully saturated rings. The van der Waals surface area contributed by atoms with E-state index in [0.29, 0.717) is 11.3 Å². The SMILES string of the molecule is Cc1cccc(N2C(=O)/C(=C/c3cn(CC(=O)N4CCCC4)c4ccccc34)C(=O)NC2=S)c1. The monoisotopic (exact) mass is 472 g/mol. The van der Waals surface area contributed by atoms with Crippen LogP contribution < -0.4 is 10.2 Å². The van der Waals surface area contributed by atoms with E-state index in [9.17, 15) is 14.4 Å². The van der Waals surface area contributed by atoms with E-state index in [4.69, 9.17) is 12.2 Å². The molecule has 0 aliphatic carbocycles. The summed E-state index contributed by atoms with van der Waals surface area (Å²) in [5.74, 6) is -0.951. The normalized spacial score (nSPS) is 17.7. The first kappa shape index (κ1) is 22.0. The predicted molar refractivity (Wildman–Crippen MR) is 135 cm³/mol. The Labute approximate surface area is 202 Å². The second-order valence-electron chi connectivity index (χ2n) is 8.61. The van der Waals surface area contributed by atoms with Crippen LogP contribution in [0, 0.1) is 6.92 Å². The van der Waals surface area contributed by atoms with Crippen molar-refractivity contribution in [2.24, 2.45) is 0 Å². The molecule has 3 heterocycles. The average molecular weight is 473 g/mol. The van der Waals surface area contributed by atoms with E-state index in [1.807, 2.05) is 65.1 Å². The molecule has 34 heavy (non-hydrogen) atoms. The van der Waals surface area contributed by atoms with Crippen LogP contribution in [0.15, 0.2) is 60.3 Å². The highest BCUT2D eigenvalue weighted by Gasteiger charge is 2.34. The summed E-state index contributed by atoms with van der Waals surface area (Å²) in [6.07, 6.45) is 5.48. The highest BCUT2D eigenvalue weighted by molar-refractivity contribution is 7.80. The number of amides is 3. The number of thiocarbonyl (C=S) groups is 1. The van der Waals surface area contributed by atoms with E-state index >= 15 is 0 Å². The third-order valence-corrected chi connectivity index (χ3v) is 6.53. The molecule has 2 aliphatic rings. The zero-order valence-corrected chi connectivity index (χ0v) is 19.6. The van der Waals surface area contributed by atoms with E-state index < -0.39 is 11.8 Å². The molecule has 5 rings (SSSR count). The summed E-state index contributed by atoms with van der Waals surface area (Å²) in [4.78, 5) is 42.2. The largest absolute Gasteiger partial charge is 0.341 e. The molecule has 8 heteroatoms. The molecule has 0 atom stereocenters. The van der Waals surface area contributed by atoms with Gasteiger partial charge < -0.3 is 9.47 Å². The summed E-state index contributed by atoms with van der Waals surface area (Å²) in [5, 5.41) is 3.55. The number of hydrogen-bond donors (Lipinski definition) is 1. The van der Waals surface area contributed by atoms with Crippen LogP contribution in [-0.4, -0.2) is 45.4 Å². The lowest BCUT2D eigenvalue weighted by molar-refractivity contribution is -0.130. The minimum absolute atomic E-state index is 0.0103. The summed E-state index contributed by atoms with van der Waals surface area (Å²) in [5.41, 5.74) is 3.13. The first-order chi connectivity index (χ1) is 16.4. The summed E-state index contributed by atoms with van der Waals surface area (Å²) in [7, 11) is 0. The Morgan fingerprint density at radius 1 is 1.09 bits per heavy atom. The first-order valence-corrected chi connectivity index (χ1v) is 11.7. The van der Waals surface area contributed by atoms with Crippen molar-refractivity contribution in [3.05, 3.63) is 71.4 Å². The number of carbonyl (C=O) groups is 3. The van der Waals surface area contributed by atoms with Gasteiger partial charge in [-0.15, -0.1) is 0 Å². The molecule has 0 bridgehead atoms. The number of hydrogen-bond acceptors (Lipinski definition) is 4. The lowest BCUT2D eigenvalue weighted by Gasteiger charge is -2.29. The number of nitrogens with one attached hydrogen (secondary N) is 1. The molecular formula is C26H24N4O3S. The quantitative estimate of drug-likeness (QED) is 0.359. The van der Waals surface area contributed by atoms with Crippen LogP contribution in [0.2, 0.25) is 0 Å². The fourth-order valence-electron chi connectivity index (χ4n) is 4.55. The molecule has 0 unspecified atom stereocenters. The predicted octanol–water partition coefficient (Wildman–Crippen LogP) is 3.40. The molecule has 172 valence electrons. The fraction of sp³-hybridized carbons (Fsp3) is 0.231. The van der Waals surface area contributed by atoms with Gasteiger partial charge in [-0.25, -0.2) is 0 Å². The van der Waals surface area contributed by atoms with Gasteiger partial charge in [0.15, 0.2) is 5.11 Å². The average Bonchev–Trinajstić information content (AvgIpc) is 3.46. The lowest BCUT2D eigenvalue weighted by atomic mass is 10.1. The lowest BCUT2D eigenvalue weighted by Crippen LogP contribution is -2.54. The number of fused-ring (bicyclic) bond motifs is 1. The van der Waals surface area contributed by atoms with Crippen molar-refractivity contribution in [1.29, 1.82) is 0 Å². The number of likely N-dealkylation sites (tertiary alicyclic amines) is 1. The molecule has 1 N–H and O–H groups in total. The van der Waals surface area contributed by atoms with Gasteiger partial charge in [0.2, 0.25) is 5.91 Å². The number of nitrogens with zero attached hydrogens (tertiary/aromatic N) is 3. The summed E-state index contributed by atoms with van der Waals surface area (Å²) in [6, 6.07) is 15.1. The Balaban J connectivity index is 1.53. The minimum atomic E-state index is -0.538. The number of carbonyl (C=O) groups excluding carboxylic acids is 3. The number of aryl methyl sites for hydroxylation is 1. The minimum Gasteiger partial charge on any atom is -0.341 e. The fourth-order valence-corrected chi connectivity index (χ4v) is 4.83. The highest BCUT2D eigenvalue weighted by Crippen LogP contribution is 2.27. The van der Waals surface area contributed by atoms with Crippen LogP contribution in [0.25, 0.3) is 17.0 Å². The molecule has 2 saturated heterocycles. The maximum atomic E-state index is 13.4. The van der Waals surface area contributed by atoms with Gasteiger partial charge in [-0.2, -0.15) is 0 Å². The van der Waals surface area contributed by atoms with E-state index in [0.717, 1.165) is 42.4 Å². The molecule has 3 amide bonds. The number of rotatable bonds is 4. The maximum absolute atomic E-state index is 13.4. The third kappa shape index (κ3) is 4.01. The second kappa shape index (κ2) is 8.87. The van der Waals surface area contributed by atoms with Crippen molar-refractivity contribution >= 4 is 57.7 Å². The number of anilines is 1. The number of benzene rings is 2. The van der Waals surface area contributed by atoms with Gasteiger partial charge in [0.05, 0.1) is 5.69 Å². The van der Waals surface area contributed by atoms with Crippen LogP contribution in [0.1, 0.15) is 24.0 Å². The molecule has 7 nitrogen and oxygen atoms in total. The number of aromatic nitrogens is 1. The smallest absolute Gasteiger partial charge is 0.270 e. The van der Waals surface area contributed by atoms with Crippen molar-refractivity contribution < 1.29 is 14.4 Å². The van der Waals surface area contributed by atoms with E-state index in [1.54, 1.807) is 12.1 Å². The molecule has 2 aromatic carbocycles. The summed E-state index contributed by atoms with van der Waals surface area (Å²) < 4.78 is 1.89. The Kier molecular flexibility index (Phi) is 5.75. The Morgan fingerprint density at radius 3 is 2.62 bits per heavy atom. The number of para-hydroxylation sites is 1. The standard InChI is InChI=1S/C26H24N4O3S/c1-17-7-6-8-19(13-17)30-25(33)21(24(32)27-26(30)34)14-18-15-29(22-10-3-2-9-20(18)22)16-23(31)28-11-4-5-12-28/h2-3,6-10,13-15H,4-5,11-12,16H2,1H3,(H,27,32,34)/b21-14+. The van der Waals surface area contributed by atoms with Crippen molar-refractivity contribution in [3.63, 3.8) is 0 Å². The molecule has 0 radical (unpaired) electrons. The molecule has 0 spiro atoms. The Bertz CT molecular complexity index is 1370. The van der Waals surface area contributed by atoms with Crippen LogP contribution in [0.3, 0.4) is 0 Å².